The molecule has 2 aromatic carbocycles. The number of amides is 1. The summed E-state index contributed by atoms with van der Waals surface area (Å²) < 4.78 is 12.8. The van der Waals surface area contributed by atoms with Crippen LogP contribution in [-0.2, 0) is 11.2 Å². The average molecular weight is 355 g/mol. The van der Waals surface area contributed by atoms with Crippen LogP contribution in [0.4, 0.5) is 10.1 Å². The van der Waals surface area contributed by atoms with E-state index in [0.29, 0.717) is 41.7 Å². The first-order valence-electron chi connectivity index (χ1n) is 7.24. The van der Waals surface area contributed by atoms with Gasteiger partial charge in [0.25, 0.3) is 0 Å². The summed E-state index contributed by atoms with van der Waals surface area (Å²) in [7, 11) is 0. The van der Waals surface area contributed by atoms with E-state index in [1.807, 2.05) is 0 Å². The predicted molar refractivity (Wildman–Crippen MR) is 92.7 cm³/mol. The van der Waals surface area contributed by atoms with Gasteiger partial charge in [0.1, 0.15) is 5.82 Å². The van der Waals surface area contributed by atoms with Crippen molar-refractivity contribution in [3.05, 3.63) is 63.9 Å². The molecule has 2 rings (SSSR count). The van der Waals surface area contributed by atoms with Gasteiger partial charge in [0, 0.05) is 24.5 Å². The summed E-state index contributed by atoms with van der Waals surface area (Å²) in [6.07, 6.45) is 0.992. The Balaban J connectivity index is 1.67. The van der Waals surface area contributed by atoms with Crippen LogP contribution in [0.2, 0.25) is 10.0 Å². The number of halogens is 3. The molecule has 0 aliphatic heterocycles. The van der Waals surface area contributed by atoms with Crippen molar-refractivity contribution in [1.82, 2.24) is 5.32 Å². The molecule has 0 fully saturated rings. The summed E-state index contributed by atoms with van der Waals surface area (Å²) in [5.74, 6) is -0.318. The SMILES string of the molecule is O=C(CCNc1cc(Cl)ccc1Cl)NCCc1ccc(F)cc1. The highest BCUT2D eigenvalue weighted by Gasteiger charge is 2.04. The van der Waals surface area contributed by atoms with E-state index in [4.69, 9.17) is 23.2 Å². The van der Waals surface area contributed by atoms with Crippen molar-refractivity contribution in [1.29, 1.82) is 0 Å². The second-order valence-electron chi connectivity index (χ2n) is 5.03. The van der Waals surface area contributed by atoms with E-state index in [0.717, 1.165) is 5.56 Å². The minimum Gasteiger partial charge on any atom is -0.383 e. The van der Waals surface area contributed by atoms with Crippen LogP contribution in [0.1, 0.15) is 12.0 Å². The molecule has 3 nitrogen and oxygen atoms in total. The van der Waals surface area contributed by atoms with Crippen LogP contribution in [0.25, 0.3) is 0 Å². The van der Waals surface area contributed by atoms with Crippen molar-refractivity contribution in [2.75, 3.05) is 18.4 Å². The van der Waals surface area contributed by atoms with Crippen LogP contribution < -0.4 is 10.6 Å². The van der Waals surface area contributed by atoms with E-state index in [9.17, 15) is 9.18 Å². The Morgan fingerprint density at radius 3 is 2.52 bits per heavy atom. The Morgan fingerprint density at radius 2 is 1.78 bits per heavy atom. The molecular formula is C17H17Cl2FN2O. The smallest absolute Gasteiger partial charge is 0.221 e. The van der Waals surface area contributed by atoms with Gasteiger partial charge in [-0.05, 0) is 42.3 Å². The fourth-order valence-electron chi connectivity index (χ4n) is 2.03. The van der Waals surface area contributed by atoms with Crippen molar-refractivity contribution < 1.29 is 9.18 Å². The van der Waals surface area contributed by atoms with Gasteiger partial charge >= 0.3 is 0 Å². The highest BCUT2D eigenvalue weighted by Crippen LogP contribution is 2.25. The van der Waals surface area contributed by atoms with E-state index in [2.05, 4.69) is 10.6 Å². The van der Waals surface area contributed by atoms with Gasteiger partial charge in [-0.1, -0.05) is 35.3 Å². The lowest BCUT2D eigenvalue weighted by Crippen LogP contribution is -2.27. The molecule has 0 atom stereocenters. The van der Waals surface area contributed by atoms with Gasteiger partial charge < -0.3 is 10.6 Å². The van der Waals surface area contributed by atoms with Crippen LogP contribution in [0.15, 0.2) is 42.5 Å². The van der Waals surface area contributed by atoms with Crippen LogP contribution >= 0.6 is 23.2 Å². The molecule has 2 N–H and O–H groups in total. The van der Waals surface area contributed by atoms with Gasteiger partial charge in [-0.15, -0.1) is 0 Å². The zero-order valence-electron chi connectivity index (χ0n) is 12.4. The first kappa shape index (κ1) is 17.6. The number of rotatable bonds is 7. The number of benzene rings is 2. The third-order valence-electron chi connectivity index (χ3n) is 3.25. The minimum absolute atomic E-state index is 0.0576. The Morgan fingerprint density at radius 1 is 1.04 bits per heavy atom. The molecule has 0 saturated carbocycles. The van der Waals surface area contributed by atoms with E-state index in [-0.39, 0.29) is 11.7 Å². The number of hydrogen-bond acceptors (Lipinski definition) is 2. The zero-order chi connectivity index (χ0) is 16.7. The highest BCUT2D eigenvalue weighted by atomic mass is 35.5. The largest absolute Gasteiger partial charge is 0.383 e. The van der Waals surface area contributed by atoms with E-state index < -0.39 is 0 Å². The molecule has 6 heteroatoms. The summed E-state index contributed by atoms with van der Waals surface area (Å²) in [5, 5.41) is 7.05. The second-order valence-corrected chi connectivity index (χ2v) is 5.87. The van der Waals surface area contributed by atoms with Gasteiger partial charge in [0.2, 0.25) is 5.91 Å². The normalized spacial score (nSPS) is 10.4. The third kappa shape index (κ3) is 6.08. The molecule has 0 aliphatic carbocycles. The van der Waals surface area contributed by atoms with Gasteiger partial charge in [-0.3, -0.25) is 4.79 Å². The third-order valence-corrected chi connectivity index (χ3v) is 3.81. The predicted octanol–water partition coefficient (Wildman–Crippen LogP) is 4.29. The molecule has 0 saturated heterocycles. The van der Waals surface area contributed by atoms with Crippen LogP contribution in [0, 0.1) is 5.82 Å². The fourth-order valence-corrected chi connectivity index (χ4v) is 2.39. The Bertz CT molecular complexity index is 662. The zero-order valence-corrected chi connectivity index (χ0v) is 13.9. The number of carbonyl (C=O) groups excluding carboxylic acids is 1. The second kappa shape index (κ2) is 8.75. The molecule has 0 unspecified atom stereocenters. The summed E-state index contributed by atoms with van der Waals surface area (Å²) in [6, 6.07) is 11.4. The molecule has 122 valence electrons. The summed E-state index contributed by atoms with van der Waals surface area (Å²) in [4.78, 5) is 11.8. The van der Waals surface area contributed by atoms with Gasteiger partial charge in [0.05, 0.1) is 10.7 Å². The fraction of sp³-hybridized carbons (Fsp3) is 0.235. The molecule has 0 aliphatic rings. The lowest BCUT2D eigenvalue weighted by atomic mass is 10.1. The minimum atomic E-state index is -0.261. The topological polar surface area (TPSA) is 41.1 Å². The molecule has 2 aromatic rings. The van der Waals surface area contributed by atoms with Crippen LogP contribution in [0.5, 0.6) is 0 Å². The number of hydrogen-bond donors (Lipinski definition) is 2. The summed E-state index contributed by atoms with van der Waals surface area (Å²) in [6.45, 7) is 0.977. The molecule has 0 aromatic heterocycles. The number of carbonyl (C=O) groups is 1. The molecule has 0 bridgehead atoms. The van der Waals surface area contributed by atoms with E-state index in [1.165, 1.54) is 12.1 Å². The molecular weight excluding hydrogens is 338 g/mol. The van der Waals surface area contributed by atoms with E-state index in [1.54, 1.807) is 30.3 Å². The molecule has 0 spiro atoms. The molecule has 23 heavy (non-hydrogen) atoms. The Labute approximate surface area is 144 Å². The lowest BCUT2D eigenvalue weighted by molar-refractivity contribution is -0.120. The number of anilines is 1. The standard InChI is InChI=1S/C17H17Cl2FN2O/c18-13-3-6-15(19)16(11-13)21-10-8-17(23)22-9-7-12-1-4-14(20)5-2-12/h1-6,11,21H,7-10H2,(H,22,23). The van der Waals surface area contributed by atoms with Gasteiger partial charge in [0.15, 0.2) is 0 Å². The summed E-state index contributed by atoms with van der Waals surface area (Å²) in [5.41, 5.74) is 1.69. The van der Waals surface area contributed by atoms with Gasteiger partial charge in [-0.25, -0.2) is 4.39 Å². The maximum absolute atomic E-state index is 12.8. The first-order chi connectivity index (χ1) is 11.0. The van der Waals surface area contributed by atoms with Crippen LogP contribution in [-0.4, -0.2) is 19.0 Å². The van der Waals surface area contributed by atoms with Crippen molar-refractivity contribution in [2.45, 2.75) is 12.8 Å². The van der Waals surface area contributed by atoms with E-state index >= 15 is 0 Å². The maximum Gasteiger partial charge on any atom is 0.221 e. The van der Waals surface area contributed by atoms with Crippen molar-refractivity contribution in [3.8, 4) is 0 Å². The first-order valence-corrected chi connectivity index (χ1v) is 8.00. The monoisotopic (exact) mass is 354 g/mol. The molecule has 0 heterocycles. The van der Waals surface area contributed by atoms with Crippen molar-refractivity contribution in [2.24, 2.45) is 0 Å². The van der Waals surface area contributed by atoms with Gasteiger partial charge in [-0.2, -0.15) is 0 Å². The maximum atomic E-state index is 12.8. The number of nitrogens with one attached hydrogen (secondary N) is 2. The highest BCUT2D eigenvalue weighted by molar-refractivity contribution is 6.35. The van der Waals surface area contributed by atoms with Crippen molar-refractivity contribution in [3.63, 3.8) is 0 Å². The molecule has 0 radical (unpaired) electrons. The lowest BCUT2D eigenvalue weighted by Gasteiger charge is -2.09. The Kier molecular flexibility index (Phi) is 6.68. The summed E-state index contributed by atoms with van der Waals surface area (Å²) >= 11 is 11.9. The molecule has 1 amide bonds. The van der Waals surface area contributed by atoms with Crippen molar-refractivity contribution >= 4 is 34.8 Å². The van der Waals surface area contributed by atoms with Crippen LogP contribution in [0.3, 0.4) is 0 Å². The quantitative estimate of drug-likeness (QED) is 0.778. The average Bonchev–Trinajstić information content (AvgIpc) is 2.53. The Hall–Kier alpha value is -1.78.